The molecule has 1 aliphatic heterocycles. The number of carbonyl (C=O) groups is 1. The lowest BCUT2D eigenvalue weighted by Crippen LogP contribution is -2.44. The summed E-state index contributed by atoms with van der Waals surface area (Å²) in [6.07, 6.45) is 3.82. The summed E-state index contributed by atoms with van der Waals surface area (Å²) < 4.78 is 0. The molecule has 1 aliphatic rings. The predicted octanol–water partition coefficient (Wildman–Crippen LogP) is 2.93. The van der Waals surface area contributed by atoms with E-state index in [2.05, 4.69) is 15.5 Å². The minimum Gasteiger partial charge on any atom is -0.379 e. The van der Waals surface area contributed by atoms with E-state index in [0.29, 0.717) is 18.0 Å². The maximum absolute atomic E-state index is 12.4. The van der Waals surface area contributed by atoms with Crippen molar-refractivity contribution in [2.45, 2.75) is 25.5 Å². The van der Waals surface area contributed by atoms with Crippen LogP contribution in [-0.4, -0.2) is 22.2 Å². The number of benzene rings is 1. The quantitative estimate of drug-likeness (QED) is 0.938. The molecule has 1 atom stereocenters. The highest BCUT2D eigenvalue weighted by molar-refractivity contribution is 6.30. The van der Waals surface area contributed by atoms with Gasteiger partial charge >= 0.3 is 0 Å². The molecule has 1 aromatic carbocycles. The highest BCUT2D eigenvalue weighted by Gasteiger charge is 2.42. The van der Waals surface area contributed by atoms with Gasteiger partial charge in [0.15, 0.2) is 0 Å². The summed E-state index contributed by atoms with van der Waals surface area (Å²) in [5.74, 6) is -0.200. The van der Waals surface area contributed by atoms with E-state index in [1.807, 2.05) is 24.3 Å². The van der Waals surface area contributed by atoms with Crippen molar-refractivity contribution < 1.29 is 9.63 Å². The van der Waals surface area contributed by atoms with Crippen molar-refractivity contribution in [2.24, 2.45) is 5.16 Å². The fourth-order valence-corrected chi connectivity index (χ4v) is 2.46. The third-order valence-electron chi connectivity index (χ3n) is 3.70. The molecule has 2 aromatic rings. The van der Waals surface area contributed by atoms with Gasteiger partial charge in [0.1, 0.15) is 0 Å². The van der Waals surface area contributed by atoms with E-state index in [-0.39, 0.29) is 5.91 Å². The van der Waals surface area contributed by atoms with Crippen LogP contribution in [0.3, 0.4) is 0 Å². The number of amides is 1. The molecule has 23 heavy (non-hydrogen) atoms. The van der Waals surface area contributed by atoms with Crippen LogP contribution in [0, 0.1) is 0 Å². The van der Waals surface area contributed by atoms with Crippen LogP contribution < -0.4 is 5.32 Å². The van der Waals surface area contributed by atoms with Gasteiger partial charge in [-0.2, -0.15) is 0 Å². The number of aromatic nitrogens is 1. The van der Waals surface area contributed by atoms with Crippen LogP contribution in [0.4, 0.5) is 0 Å². The van der Waals surface area contributed by atoms with Gasteiger partial charge in [0.2, 0.25) is 5.60 Å². The molecule has 0 radical (unpaired) electrons. The van der Waals surface area contributed by atoms with Crippen molar-refractivity contribution in [1.29, 1.82) is 0 Å². The minimum atomic E-state index is -1.00. The molecule has 3 rings (SSSR count). The second-order valence-corrected chi connectivity index (χ2v) is 6.02. The molecule has 0 fully saturated rings. The van der Waals surface area contributed by atoms with Gasteiger partial charge in [-0.25, -0.2) is 0 Å². The van der Waals surface area contributed by atoms with Crippen molar-refractivity contribution in [1.82, 2.24) is 10.3 Å². The van der Waals surface area contributed by atoms with Gasteiger partial charge in [0.25, 0.3) is 5.91 Å². The molecule has 0 saturated heterocycles. The zero-order valence-electron chi connectivity index (χ0n) is 12.6. The first kappa shape index (κ1) is 15.5. The average Bonchev–Trinajstić information content (AvgIpc) is 2.98. The number of halogens is 1. The molecular weight excluding hydrogens is 314 g/mol. The SMILES string of the molecule is CC1(C(=O)NCc2cccnc2)CC(c2ccc(Cl)cc2)=NO1. The first-order valence-electron chi connectivity index (χ1n) is 7.25. The van der Waals surface area contributed by atoms with Crippen LogP contribution >= 0.6 is 11.6 Å². The van der Waals surface area contributed by atoms with Gasteiger partial charge in [0.05, 0.1) is 5.71 Å². The molecule has 0 spiro atoms. The number of rotatable bonds is 4. The summed E-state index contributed by atoms with van der Waals surface area (Å²) in [4.78, 5) is 21.9. The molecule has 6 heteroatoms. The summed E-state index contributed by atoms with van der Waals surface area (Å²) in [6, 6.07) is 11.0. The first-order valence-corrected chi connectivity index (χ1v) is 7.63. The molecule has 0 aliphatic carbocycles. The largest absolute Gasteiger partial charge is 0.379 e. The van der Waals surface area contributed by atoms with E-state index in [0.717, 1.165) is 16.8 Å². The number of oxime groups is 1. The Kier molecular flexibility index (Phi) is 4.30. The summed E-state index contributed by atoms with van der Waals surface area (Å²) in [5.41, 5.74) is 1.57. The topological polar surface area (TPSA) is 63.6 Å². The molecule has 118 valence electrons. The molecule has 0 saturated carbocycles. The van der Waals surface area contributed by atoms with E-state index >= 15 is 0 Å². The van der Waals surface area contributed by atoms with Crippen LogP contribution in [0.2, 0.25) is 5.02 Å². The standard InChI is InChI=1S/C17H16ClN3O2/c1-17(16(22)20-11-12-3-2-8-19-10-12)9-15(21-23-17)13-4-6-14(18)7-5-13/h2-8,10H,9,11H2,1H3,(H,20,22). The minimum absolute atomic E-state index is 0.200. The van der Waals surface area contributed by atoms with Crippen molar-refractivity contribution in [3.63, 3.8) is 0 Å². The van der Waals surface area contributed by atoms with E-state index in [1.54, 1.807) is 31.5 Å². The molecule has 1 amide bonds. The van der Waals surface area contributed by atoms with Gasteiger partial charge in [0, 0.05) is 30.4 Å². The maximum Gasteiger partial charge on any atom is 0.267 e. The lowest BCUT2D eigenvalue weighted by molar-refractivity contribution is -0.141. The number of nitrogens with one attached hydrogen (secondary N) is 1. The summed E-state index contributed by atoms with van der Waals surface area (Å²) in [6.45, 7) is 2.14. The van der Waals surface area contributed by atoms with Gasteiger partial charge < -0.3 is 10.2 Å². The molecular formula is C17H16ClN3O2. The normalized spacial score (nSPS) is 19.8. The van der Waals surface area contributed by atoms with Crippen molar-refractivity contribution in [3.8, 4) is 0 Å². The van der Waals surface area contributed by atoms with Crippen LogP contribution in [0.1, 0.15) is 24.5 Å². The van der Waals surface area contributed by atoms with Gasteiger partial charge in [-0.3, -0.25) is 9.78 Å². The average molecular weight is 330 g/mol. The number of carbonyl (C=O) groups excluding carboxylic acids is 1. The lowest BCUT2D eigenvalue weighted by atomic mass is 9.95. The molecule has 1 N–H and O–H groups in total. The zero-order valence-corrected chi connectivity index (χ0v) is 13.4. The molecule has 5 nitrogen and oxygen atoms in total. The zero-order chi connectivity index (χ0) is 16.3. The second-order valence-electron chi connectivity index (χ2n) is 5.59. The van der Waals surface area contributed by atoms with Crippen LogP contribution in [0.25, 0.3) is 0 Å². The maximum atomic E-state index is 12.4. The Morgan fingerprint density at radius 1 is 1.35 bits per heavy atom. The Morgan fingerprint density at radius 3 is 2.83 bits per heavy atom. The summed E-state index contributed by atoms with van der Waals surface area (Å²) in [7, 11) is 0. The van der Waals surface area contributed by atoms with Crippen LogP contribution in [0.5, 0.6) is 0 Å². The van der Waals surface area contributed by atoms with E-state index in [4.69, 9.17) is 16.4 Å². The molecule has 2 heterocycles. The molecule has 1 unspecified atom stereocenters. The van der Waals surface area contributed by atoms with Gasteiger partial charge in [-0.1, -0.05) is 35.0 Å². The lowest BCUT2D eigenvalue weighted by Gasteiger charge is -2.20. The van der Waals surface area contributed by atoms with Crippen molar-refractivity contribution >= 4 is 23.2 Å². The predicted molar refractivity (Wildman–Crippen MR) is 88.2 cm³/mol. The Labute approximate surface area is 139 Å². The number of nitrogens with zero attached hydrogens (tertiary/aromatic N) is 2. The number of hydrogen-bond donors (Lipinski definition) is 1. The van der Waals surface area contributed by atoms with Crippen molar-refractivity contribution in [3.05, 3.63) is 64.9 Å². The van der Waals surface area contributed by atoms with E-state index in [1.165, 1.54) is 0 Å². The van der Waals surface area contributed by atoms with Crippen LogP contribution in [-0.2, 0) is 16.2 Å². The number of hydrogen-bond acceptors (Lipinski definition) is 4. The number of pyridine rings is 1. The monoisotopic (exact) mass is 329 g/mol. The second kappa shape index (κ2) is 6.38. The van der Waals surface area contributed by atoms with Crippen molar-refractivity contribution in [2.75, 3.05) is 0 Å². The first-order chi connectivity index (χ1) is 11.1. The highest BCUT2D eigenvalue weighted by atomic mass is 35.5. The van der Waals surface area contributed by atoms with Gasteiger partial charge in [-0.15, -0.1) is 0 Å². The molecule has 0 bridgehead atoms. The smallest absolute Gasteiger partial charge is 0.267 e. The fraction of sp³-hybridized carbons (Fsp3) is 0.235. The Bertz CT molecular complexity index is 731. The Morgan fingerprint density at radius 2 is 2.13 bits per heavy atom. The Hall–Kier alpha value is -2.40. The summed E-state index contributed by atoms with van der Waals surface area (Å²) >= 11 is 5.88. The third kappa shape index (κ3) is 3.51. The Balaban J connectivity index is 1.62. The van der Waals surface area contributed by atoms with Crippen LogP contribution in [0.15, 0.2) is 53.9 Å². The molecule has 1 aromatic heterocycles. The fourth-order valence-electron chi connectivity index (χ4n) is 2.33. The van der Waals surface area contributed by atoms with Gasteiger partial charge in [-0.05, 0) is 36.2 Å². The third-order valence-corrected chi connectivity index (χ3v) is 3.95. The summed E-state index contributed by atoms with van der Waals surface area (Å²) in [5, 5.41) is 7.59. The van der Waals surface area contributed by atoms with E-state index < -0.39 is 5.60 Å². The van der Waals surface area contributed by atoms with E-state index in [9.17, 15) is 4.79 Å². The highest BCUT2D eigenvalue weighted by Crippen LogP contribution is 2.27.